The molecule has 0 saturated carbocycles. The topological polar surface area (TPSA) is 38.3 Å². The molecule has 1 amide bonds. The number of ether oxygens (including phenoxy) is 1. The largest absolute Gasteiger partial charge is 0.376 e. The first kappa shape index (κ1) is 13.6. The highest BCUT2D eigenvalue weighted by Crippen LogP contribution is 2.24. The minimum Gasteiger partial charge on any atom is -0.376 e. The summed E-state index contributed by atoms with van der Waals surface area (Å²) in [5.74, 6) is 1.02. The SMILES string of the molecule is C[C@@H]1CC(CNC(=O)[C@H]2CC=CCC2)C[C@H](C)O1. The lowest BCUT2D eigenvalue weighted by atomic mass is 9.91. The number of hydrogen-bond acceptors (Lipinski definition) is 2. The van der Waals surface area contributed by atoms with Crippen molar-refractivity contribution in [3.05, 3.63) is 12.2 Å². The fourth-order valence-corrected chi connectivity index (χ4v) is 3.13. The monoisotopic (exact) mass is 251 g/mol. The predicted molar refractivity (Wildman–Crippen MR) is 72.2 cm³/mol. The van der Waals surface area contributed by atoms with Crippen molar-refractivity contribution in [2.45, 2.75) is 58.2 Å². The number of allylic oxidation sites excluding steroid dienone is 2. The van der Waals surface area contributed by atoms with E-state index in [1.165, 1.54) is 0 Å². The van der Waals surface area contributed by atoms with Gasteiger partial charge in [0.15, 0.2) is 0 Å². The van der Waals surface area contributed by atoms with Crippen LogP contribution in [0.3, 0.4) is 0 Å². The molecule has 1 fully saturated rings. The van der Waals surface area contributed by atoms with Crippen molar-refractivity contribution in [3.63, 3.8) is 0 Å². The summed E-state index contributed by atoms with van der Waals surface area (Å²) < 4.78 is 5.72. The molecule has 1 saturated heterocycles. The molecule has 0 aromatic heterocycles. The number of rotatable bonds is 3. The predicted octanol–water partition coefficient (Wildman–Crippen LogP) is 2.66. The average molecular weight is 251 g/mol. The Hall–Kier alpha value is -0.830. The molecule has 3 heteroatoms. The molecule has 1 aliphatic heterocycles. The van der Waals surface area contributed by atoms with Crippen LogP contribution in [0.1, 0.15) is 46.0 Å². The van der Waals surface area contributed by atoms with Crippen molar-refractivity contribution in [1.29, 1.82) is 0 Å². The summed E-state index contributed by atoms with van der Waals surface area (Å²) in [6.07, 6.45) is 10.0. The van der Waals surface area contributed by atoms with Crippen LogP contribution in [-0.4, -0.2) is 24.7 Å². The lowest BCUT2D eigenvalue weighted by molar-refractivity contribution is -0.126. The second-order valence-corrected chi connectivity index (χ2v) is 5.82. The summed E-state index contributed by atoms with van der Waals surface area (Å²) in [5, 5.41) is 3.13. The second-order valence-electron chi connectivity index (χ2n) is 5.82. The van der Waals surface area contributed by atoms with E-state index < -0.39 is 0 Å². The molecule has 0 aromatic carbocycles. The molecule has 2 rings (SSSR count). The van der Waals surface area contributed by atoms with Crippen molar-refractivity contribution < 1.29 is 9.53 Å². The van der Waals surface area contributed by atoms with Crippen LogP contribution >= 0.6 is 0 Å². The number of amides is 1. The Labute approximate surface area is 110 Å². The van der Waals surface area contributed by atoms with Gasteiger partial charge in [-0.1, -0.05) is 12.2 Å². The van der Waals surface area contributed by atoms with Crippen molar-refractivity contribution >= 4 is 5.91 Å². The zero-order chi connectivity index (χ0) is 13.0. The summed E-state index contributed by atoms with van der Waals surface area (Å²) >= 11 is 0. The van der Waals surface area contributed by atoms with Gasteiger partial charge in [0.2, 0.25) is 5.91 Å². The molecule has 1 N–H and O–H groups in total. The van der Waals surface area contributed by atoms with E-state index in [0.717, 1.165) is 38.6 Å². The van der Waals surface area contributed by atoms with Gasteiger partial charge in [0.05, 0.1) is 12.2 Å². The molecule has 0 aromatic rings. The standard InChI is InChI=1S/C15H25NO2/c1-11-8-13(9-12(2)18-11)10-16-15(17)14-6-4-3-5-7-14/h3-4,11-14H,5-10H2,1-2H3,(H,16,17)/t11-,12+,13?,14-/m0/s1. The van der Waals surface area contributed by atoms with Gasteiger partial charge < -0.3 is 10.1 Å². The van der Waals surface area contributed by atoms with Crippen molar-refractivity contribution in [1.82, 2.24) is 5.32 Å². The van der Waals surface area contributed by atoms with E-state index in [0.29, 0.717) is 18.1 Å². The van der Waals surface area contributed by atoms with Crippen LogP contribution in [0, 0.1) is 11.8 Å². The van der Waals surface area contributed by atoms with Crippen molar-refractivity contribution in [2.24, 2.45) is 11.8 Å². The van der Waals surface area contributed by atoms with Gasteiger partial charge in [0, 0.05) is 12.5 Å². The summed E-state index contributed by atoms with van der Waals surface area (Å²) in [4.78, 5) is 12.0. The second kappa shape index (κ2) is 6.37. The van der Waals surface area contributed by atoms with Crippen LogP contribution in [-0.2, 0) is 9.53 Å². The Bertz CT molecular complexity index is 304. The van der Waals surface area contributed by atoms with Gasteiger partial charge >= 0.3 is 0 Å². The molecule has 0 radical (unpaired) electrons. The first-order valence-corrected chi connectivity index (χ1v) is 7.23. The van der Waals surface area contributed by atoms with Gasteiger partial charge in [-0.15, -0.1) is 0 Å². The smallest absolute Gasteiger partial charge is 0.223 e. The summed E-state index contributed by atoms with van der Waals surface area (Å²) in [7, 11) is 0. The summed E-state index contributed by atoms with van der Waals surface area (Å²) in [6.45, 7) is 5.06. The zero-order valence-corrected chi connectivity index (χ0v) is 11.5. The molecular weight excluding hydrogens is 226 g/mol. The Morgan fingerprint density at radius 1 is 1.28 bits per heavy atom. The van der Waals surface area contributed by atoms with Crippen LogP contribution < -0.4 is 5.32 Å². The fourth-order valence-electron chi connectivity index (χ4n) is 3.13. The first-order chi connectivity index (χ1) is 8.65. The Kier molecular flexibility index (Phi) is 4.81. The highest BCUT2D eigenvalue weighted by molar-refractivity contribution is 5.78. The maximum absolute atomic E-state index is 12.0. The Morgan fingerprint density at radius 2 is 2.00 bits per heavy atom. The van der Waals surface area contributed by atoms with Gasteiger partial charge in [0.25, 0.3) is 0 Å². The van der Waals surface area contributed by atoms with E-state index >= 15 is 0 Å². The Morgan fingerprint density at radius 3 is 2.61 bits per heavy atom. The van der Waals surface area contributed by atoms with Crippen molar-refractivity contribution in [2.75, 3.05) is 6.54 Å². The maximum atomic E-state index is 12.0. The first-order valence-electron chi connectivity index (χ1n) is 7.23. The normalized spacial score (nSPS) is 36.3. The van der Waals surface area contributed by atoms with E-state index in [4.69, 9.17) is 4.74 Å². The van der Waals surface area contributed by atoms with Gasteiger partial charge in [0.1, 0.15) is 0 Å². The van der Waals surface area contributed by atoms with Crippen LogP contribution in [0.15, 0.2) is 12.2 Å². The van der Waals surface area contributed by atoms with E-state index in [2.05, 4.69) is 31.3 Å². The van der Waals surface area contributed by atoms with E-state index in [1.54, 1.807) is 0 Å². The van der Waals surface area contributed by atoms with Crippen LogP contribution in [0.5, 0.6) is 0 Å². The Balaban J connectivity index is 1.73. The molecular formula is C15H25NO2. The van der Waals surface area contributed by atoms with Crippen LogP contribution in [0.25, 0.3) is 0 Å². The molecule has 1 aliphatic carbocycles. The van der Waals surface area contributed by atoms with Crippen LogP contribution in [0.2, 0.25) is 0 Å². The summed E-state index contributed by atoms with van der Waals surface area (Å²) in [6, 6.07) is 0. The van der Waals surface area contributed by atoms with Crippen LogP contribution in [0.4, 0.5) is 0 Å². The number of carbonyl (C=O) groups excluding carboxylic acids is 1. The molecule has 0 bridgehead atoms. The third-order valence-corrected chi connectivity index (χ3v) is 4.00. The highest BCUT2D eigenvalue weighted by Gasteiger charge is 2.25. The van der Waals surface area contributed by atoms with Gasteiger partial charge in [-0.25, -0.2) is 0 Å². The molecule has 2 aliphatic rings. The molecule has 18 heavy (non-hydrogen) atoms. The minimum absolute atomic E-state index is 0.199. The van der Waals surface area contributed by atoms with Crippen molar-refractivity contribution in [3.8, 4) is 0 Å². The van der Waals surface area contributed by atoms with E-state index in [9.17, 15) is 4.79 Å². The molecule has 3 nitrogen and oxygen atoms in total. The average Bonchev–Trinajstić information content (AvgIpc) is 2.36. The molecule has 0 spiro atoms. The third-order valence-electron chi connectivity index (χ3n) is 4.00. The molecule has 1 heterocycles. The number of carbonyl (C=O) groups is 1. The molecule has 4 atom stereocenters. The quantitative estimate of drug-likeness (QED) is 0.783. The lowest BCUT2D eigenvalue weighted by Crippen LogP contribution is -2.39. The van der Waals surface area contributed by atoms with Gasteiger partial charge in [-0.05, 0) is 51.9 Å². The molecule has 102 valence electrons. The minimum atomic E-state index is 0.199. The van der Waals surface area contributed by atoms with E-state index in [-0.39, 0.29) is 11.8 Å². The maximum Gasteiger partial charge on any atom is 0.223 e. The van der Waals surface area contributed by atoms with E-state index in [1.807, 2.05) is 0 Å². The third kappa shape index (κ3) is 3.84. The number of nitrogens with one attached hydrogen (secondary N) is 1. The lowest BCUT2D eigenvalue weighted by Gasteiger charge is -2.32. The van der Waals surface area contributed by atoms with Gasteiger partial charge in [-0.2, -0.15) is 0 Å². The van der Waals surface area contributed by atoms with Gasteiger partial charge in [-0.3, -0.25) is 4.79 Å². The summed E-state index contributed by atoms with van der Waals surface area (Å²) in [5.41, 5.74) is 0. The fraction of sp³-hybridized carbons (Fsp3) is 0.800. The number of hydrogen-bond donors (Lipinski definition) is 1. The molecule has 1 unspecified atom stereocenters. The highest BCUT2D eigenvalue weighted by atomic mass is 16.5. The zero-order valence-electron chi connectivity index (χ0n) is 11.5.